The number of nitrogens with one attached hydrogen (secondary N) is 1. The first-order valence-corrected chi connectivity index (χ1v) is 12.4. The Morgan fingerprint density at radius 1 is 1.18 bits per heavy atom. The molecular formula is C25H28FN5OS. The SMILES string of the molecule is CC(Nc1nc2ccc(Oc3ccnc(-c4cnn(CCF)c4)c3)cc2s1)C1CCCCC1. The largest absolute Gasteiger partial charge is 0.457 e. The third-order valence-corrected chi connectivity index (χ3v) is 7.23. The molecule has 0 saturated heterocycles. The first-order valence-electron chi connectivity index (χ1n) is 11.6. The number of fused-ring (bicyclic) bond motifs is 1. The number of benzene rings is 1. The molecule has 1 atom stereocenters. The lowest BCUT2D eigenvalue weighted by atomic mass is 9.85. The summed E-state index contributed by atoms with van der Waals surface area (Å²) in [6.07, 6.45) is 11.9. The molecule has 3 heterocycles. The highest BCUT2D eigenvalue weighted by atomic mass is 32.1. The van der Waals surface area contributed by atoms with Crippen LogP contribution in [0.15, 0.2) is 48.9 Å². The summed E-state index contributed by atoms with van der Waals surface area (Å²) < 4.78 is 21.3. The molecule has 0 radical (unpaired) electrons. The summed E-state index contributed by atoms with van der Waals surface area (Å²) in [7, 11) is 0. The van der Waals surface area contributed by atoms with E-state index in [1.807, 2.05) is 30.3 Å². The maximum absolute atomic E-state index is 12.6. The van der Waals surface area contributed by atoms with Gasteiger partial charge >= 0.3 is 0 Å². The molecule has 0 bridgehead atoms. The fraction of sp³-hybridized carbons (Fsp3) is 0.400. The predicted octanol–water partition coefficient (Wildman–Crippen LogP) is 6.70. The number of hydrogen-bond donors (Lipinski definition) is 1. The van der Waals surface area contributed by atoms with E-state index in [9.17, 15) is 4.39 Å². The summed E-state index contributed by atoms with van der Waals surface area (Å²) in [5.41, 5.74) is 2.54. The second-order valence-corrected chi connectivity index (χ2v) is 9.67. The fourth-order valence-electron chi connectivity index (χ4n) is 4.45. The van der Waals surface area contributed by atoms with Crippen LogP contribution in [-0.4, -0.2) is 32.5 Å². The van der Waals surface area contributed by atoms with Crippen LogP contribution in [0.3, 0.4) is 0 Å². The van der Waals surface area contributed by atoms with Crippen molar-refractivity contribution in [3.63, 3.8) is 0 Å². The average Bonchev–Trinajstić information content (AvgIpc) is 3.46. The van der Waals surface area contributed by atoms with Crippen molar-refractivity contribution in [1.82, 2.24) is 19.7 Å². The molecule has 0 spiro atoms. The normalized spacial score (nSPS) is 15.6. The Hall–Kier alpha value is -3.00. The summed E-state index contributed by atoms with van der Waals surface area (Å²) in [5.74, 6) is 2.17. The monoisotopic (exact) mass is 465 g/mol. The summed E-state index contributed by atoms with van der Waals surface area (Å²) in [4.78, 5) is 9.17. The minimum Gasteiger partial charge on any atom is -0.457 e. The van der Waals surface area contributed by atoms with Gasteiger partial charge in [0.1, 0.15) is 18.2 Å². The van der Waals surface area contributed by atoms with Gasteiger partial charge in [0.05, 0.1) is 28.7 Å². The number of thiazole rings is 1. The summed E-state index contributed by atoms with van der Waals surface area (Å²) >= 11 is 1.67. The highest BCUT2D eigenvalue weighted by Crippen LogP contribution is 2.34. The van der Waals surface area contributed by atoms with Gasteiger partial charge in [-0.2, -0.15) is 5.10 Å². The number of alkyl halides is 1. The maximum atomic E-state index is 12.6. The van der Waals surface area contributed by atoms with Gasteiger partial charge in [-0.1, -0.05) is 30.6 Å². The highest BCUT2D eigenvalue weighted by molar-refractivity contribution is 7.22. The molecule has 172 valence electrons. The molecule has 33 heavy (non-hydrogen) atoms. The number of aryl methyl sites for hydroxylation is 1. The minimum absolute atomic E-state index is 0.237. The Bertz CT molecular complexity index is 1220. The molecule has 0 amide bonds. The molecule has 1 saturated carbocycles. The second kappa shape index (κ2) is 9.87. The van der Waals surface area contributed by atoms with Crippen LogP contribution in [0, 0.1) is 5.92 Å². The lowest BCUT2D eigenvalue weighted by molar-refractivity contribution is 0.328. The topological polar surface area (TPSA) is 64.9 Å². The molecule has 1 fully saturated rings. The lowest BCUT2D eigenvalue weighted by Crippen LogP contribution is -2.27. The van der Waals surface area contributed by atoms with Gasteiger partial charge in [0.15, 0.2) is 5.13 Å². The first kappa shape index (κ1) is 21.8. The molecule has 1 aliphatic rings. The Labute approximate surface area is 196 Å². The quantitative estimate of drug-likeness (QED) is 0.314. The van der Waals surface area contributed by atoms with Crippen molar-refractivity contribution in [2.45, 2.75) is 51.6 Å². The van der Waals surface area contributed by atoms with Crippen molar-refractivity contribution in [3.8, 4) is 22.8 Å². The van der Waals surface area contributed by atoms with Crippen LogP contribution < -0.4 is 10.1 Å². The van der Waals surface area contributed by atoms with Crippen molar-refractivity contribution in [2.75, 3.05) is 12.0 Å². The fourth-order valence-corrected chi connectivity index (χ4v) is 5.44. The molecule has 5 rings (SSSR count). The van der Waals surface area contributed by atoms with Crippen molar-refractivity contribution in [2.24, 2.45) is 5.92 Å². The van der Waals surface area contributed by atoms with Crippen LogP contribution in [0.2, 0.25) is 0 Å². The molecular weight excluding hydrogens is 437 g/mol. The number of anilines is 1. The van der Waals surface area contributed by atoms with Gasteiger partial charge in [0.25, 0.3) is 0 Å². The van der Waals surface area contributed by atoms with Crippen LogP contribution in [0.1, 0.15) is 39.0 Å². The predicted molar refractivity (Wildman–Crippen MR) is 131 cm³/mol. The van der Waals surface area contributed by atoms with E-state index in [-0.39, 0.29) is 6.54 Å². The zero-order valence-electron chi connectivity index (χ0n) is 18.7. The summed E-state index contributed by atoms with van der Waals surface area (Å²) in [6.45, 7) is 2.06. The van der Waals surface area contributed by atoms with E-state index in [1.54, 1.807) is 34.6 Å². The van der Waals surface area contributed by atoms with Crippen molar-refractivity contribution in [1.29, 1.82) is 0 Å². The van der Waals surface area contributed by atoms with Gasteiger partial charge in [-0.3, -0.25) is 9.67 Å². The molecule has 8 heteroatoms. The molecule has 1 aliphatic carbocycles. The standard InChI is InChI=1S/C25H28FN5OS/c1-17(18-5-3-2-4-6-18)29-25-30-22-8-7-20(14-24(22)33-25)32-21-9-11-27-23(13-21)19-15-28-31(16-19)12-10-26/h7-9,11,13-18H,2-6,10,12H2,1H3,(H,29,30). The van der Waals surface area contributed by atoms with Crippen LogP contribution in [0.5, 0.6) is 11.5 Å². The Kier molecular flexibility index (Phi) is 6.53. The van der Waals surface area contributed by atoms with Gasteiger partial charge in [-0.25, -0.2) is 9.37 Å². The average molecular weight is 466 g/mol. The zero-order valence-corrected chi connectivity index (χ0v) is 19.5. The molecule has 6 nitrogen and oxygen atoms in total. The minimum atomic E-state index is -0.450. The van der Waals surface area contributed by atoms with Gasteiger partial charge in [-0.05, 0) is 43.9 Å². The van der Waals surface area contributed by atoms with E-state index in [2.05, 4.69) is 22.3 Å². The number of nitrogens with zero attached hydrogens (tertiary/aromatic N) is 4. The van der Waals surface area contributed by atoms with Gasteiger partial charge in [0, 0.05) is 36.1 Å². The molecule has 0 aliphatic heterocycles. The van der Waals surface area contributed by atoms with E-state index < -0.39 is 6.67 Å². The number of pyridine rings is 1. The van der Waals surface area contributed by atoms with Crippen LogP contribution in [0.4, 0.5) is 9.52 Å². The van der Waals surface area contributed by atoms with Crippen molar-refractivity contribution >= 4 is 26.7 Å². The summed E-state index contributed by atoms with van der Waals surface area (Å²) in [6, 6.07) is 10.1. The van der Waals surface area contributed by atoms with Crippen LogP contribution in [-0.2, 0) is 6.54 Å². The number of hydrogen-bond acceptors (Lipinski definition) is 6. The van der Waals surface area contributed by atoms with E-state index in [1.165, 1.54) is 32.1 Å². The van der Waals surface area contributed by atoms with Crippen molar-refractivity contribution < 1.29 is 9.13 Å². The summed E-state index contributed by atoms with van der Waals surface area (Å²) in [5, 5.41) is 8.77. The zero-order chi connectivity index (χ0) is 22.6. The van der Waals surface area contributed by atoms with Crippen LogP contribution >= 0.6 is 11.3 Å². The Morgan fingerprint density at radius 3 is 2.88 bits per heavy atom. The van der Waals surface area contributed by atoms with E-state index in [0.717, 1.165) is 38.3 Å². The number of ether oxygens (including phenoxy) is 1. The van der Waals surface area contributed by atoms with E-state index in [0.29, 0.717) is 11.8 Å². The van der Waals surface area contributed by atoms with E-state index in [4.69, 9.17) is 9.72 Å². The highest BCUT2D eigenvalue weighted by Gasteiger charge is 2.21. The van der Waals surface area contributed by atoms with Gasteiger partial charge in [0.2, 0.25) is 0 Å². The Balaban J connectivity index is 1.29. The van der Waals surface area contributed by atoms with E-state index >= 15 is 0 Å². The maximum Gasteiger partial charge on any atom is 0.184 e. The molecule has 4 aromatic rings. The molecule has 1 unspecified atom stereocenters. The number of rotatable bonds is 8. The molecule has 1 aromatic carbocycles. The Morgan fingerprint density at radius 2 is 2.03 bits per heavy atom. The number of halogens is 1. The smallest absolute Gasteiger partial charge is 0.184 e. The molecule has 3 aromatic heterocycles. The van der Waals surface area contributed by atoms with Crippen LogP contribution in [0.25, 0.3) is 21.5 Å². The molecule has 1 N–H and O–H groups in total. The second-order valence-electron chi connectivity index (χ2n) is 8.64. The number of aromatic nitrogens is 4. The third-order valence-electron chi connectivity index (χ3n) is 6.28. The third kappa shape index (κ3) is 5.16. The van der Waals surface area contributed by atoms with Crippen molar-refractivity contribution in [3.05, 3.63) is 48.9 Å². The van der Waals surface area contributed by atoms with Gasteiger partial charge < -0.3 is 10.1 Å². The van der Waals surface area contributed by atoms with Gasteiger partial charge in [-0.15, -0.1) is 0 Å². The first-order chi connectivity index (χ1) is 16.2. The lowest BCUT2D eigenvalue weighted by Gasteiger charge is -2.28.